The van der Waals surface area contributed by atoms with Crippen molar-refractivity contribution in [2.75, 3.05) is 9.80 Å². The highest BCUT2D eigenvalue weighted by Crippen LogP contribution is 2.69. The molecule has 766 valence electrons. The van der Waals surface area contributed by atoms with E-state index >= 15 is 0 Å². The van der Waals surface area contributed by atoms with Crippen LogP contribution in [0.2, 0.25) is 0 Å². The predicted octanol–water partition coefficient (Wildman–Crippen LogP) is 41.2. The van der Waals surface area contributed by atoms with Gasteiger partial charge in [0.1, 0.15) is 0 Å². The first-order chi connectivity index (χ1) is 69.9. The lowest BCUT2D eigenvalue weighted by Gasteiger charge is -2.59. The van der Waals surface area contributed by atoms with Gasteiger partial charge in [-0.1, -0.05) is 336 Å². The Morgan fingerprint density at radius 1 is 0.162 bits per heavy atom. The van der Waals surface area contributed by atoms with E-state index in [2.05, 4.69) is 419 Å². The summed E-state index contributed by atoms with van der Waals surface area (Å²) in [6.07, 6.45) is 32.6. The van der Waals surface area contributed by atoms with Crippen molar-refractivity contribution in [2.45, 2.75) is 385 Å². The number of fused-ring (bicyclic) bond motifs is 2. The van der Waals surface area contributed by atoms with Gasteiger partial charge in [0.15, 0.2) is 0 Å². The second-order valence-corrected chi connectivity index (χ2v) is 60.7. The van der Waals surface area contributed by atoms with E-state index < -0.39 is 0 Å². The predicted molar refractivity (Wildman–Crippen MR) is 632 cm³/mol. The van der Waals surface area contributed by atoms with Crippen LogP contribution in [0, 0.1) is 71.0 Å². The minimum atomic E-state index is -0.130. The fourth-order valence-corrected chi connectivity index (χ4v) is 34.5. The summed E-state index contributed by atoms with van der Waals surface area (Å²) in [7, 11) is 0. The Hall–Kier alpha value is -10.0. The third-order valence-corrected chi connectivity index (χ3v) is 41.0. The molecule has 0 spiro atoms. The molecule has 16 aliphatic rings. The Morgan fingerprint density at radius 2 is 0.345 bits per heavy atom. The van der Waals surface area contributed by atoms with Crippen molar-refractivity contribution in [1.29, 1.82) is 0 Å². The molecule has 0 radical (unpaired) electrons. The largest absolute Gasteiger partial charge is 0.309 e. The van der Waals surface area contributed by atoms with Gasteiger partial charge in [-0.05, 0) is 496 Å². The molecule has 13 aromatic rings. The highest BCUT2D eigenvalue weighted by atomic mass is 15.2. The lowest BCUT2D eigenvalue weighted by Crippen LogP contribution is -2.50. The van der Waals surface area contributed by atoms with Crippen molar-refractivity contribution >= 4 is 55.7 Å². The summed E-state index contributed by atoms with van der Waals surface area (Å²) in [5.74, 6) is 9.26. The van der Waals surface area contributed by atoms with Crippen LogP contribution in [0.5, 0.6) is 0 Å². The topological polar surface area (TPSA) is 6.48 Å². The van der Waals surface area contributed by atoms with E-state index in [9.17, 15) is 0 Å². The molecule has 0 aromatic heterocycles. The molecule has 16 saturated carbocycles. The summed E-state index contributed by atoms with van der Waals surface area (Å²) in [4.78, 5) is 6.05. The molecule has 2 heteroatoms. The lowest BCUT2D eigenvalue weighted by atomic mass is 9.46. The first kappa shape index (κ1) is 98.7. The van der Waals surface area contributed by atoms with Crippen molar-refractivity contribution < 1.29 is 0 Å². The van der Waals surface area contributed by atoms with E-state index in [4.69, 9.17) is 0 Å². The second kappa shape index (κ2) is 34.7. The van der Waals surface area contributed by atoms with Gasteiger partial charge in [0.05, 0.1) is 11.4 Å². The molecule has 0 saturated heterocycles. The molecule has 2 nitrogen and oxygen atoms in total. The molecule has 13 aromatic carbocycles. The third-order valence-electron chi connectivity index (χ3n) is 41.0. The normalized spacial score (nSPS) is 27.5. The van der Waals surface area contributed by atoms with Gasteiger partial charge in [0, 0.05) is 44.3 Å². The van der Waals surface area contributed by atoms with Gasteiger partial charge in [-0.2, -0.15) is 0 Å². The van der Waals surface area contributed by atoms with Gasteiger partial charge < -0.3 is 9.80 Å². The van der Waals surface area contributed by atoms with Crippen LogP contribution in [-0.4, -0.2) is 0 Å². The smallest absolute Gasteiger partial charge is 0.0620 e. The average molecular weight is 1950 g/mol. The SMILES string of the molecule is CC(C)(C)c1cc(-c2cc(-c3cc(C(C)(C)C)cc(C(C)(C)C)c3)cc(N(c3cc(C45CC6CC(CC(C6)C4)C5)cc(C45CC6CC(CC(C6)C4)C5)c3)c3c4ccc(-c5ccccc5)cc4c(N(c4cc(-c5cc(C(C)(C)C)cc(C(C)(C)C)c5)cc(-c5cc(C(C)(C)C)cc(C(C)(C)C)c5)c4)c4cc(C56CC7CC(CC(C7)C5)C6)cc(C56CC7CC(CC(C7)C5)C6)c4)c4ccc(-c5ccccc5)cc34)c2)cc(C(C)(C)C)c1. The molecule has 148 heavy (non-hydrogen) atoms. The van der Waals surface area contributed by atoms with Gasteiger partial charge in [-0.15, -0.1) is 0 Å². The zero-order chi connectivity index (χ0) is 103. The van der Waals surface area contributed by atoms with Gasteiger partial charge in [0.25, 0.3) is 0 Å². The summed E-state index contributed by atoms with van der Waals surface area (Å²) in [6, 6.07) is 104. The average Bonchev–Trinajstić information content (AvgIpc) is 0.724. The quantitative estimate of drug-likeness (QED) is 0.0703. The summed E-state index contributed by atoms with van der Waals surface area (Å²) in [5.41, 5.74) is 39.6. The number of anilines is 6. The van der Waals surface area contributed by atoms with Gasteiger partial charge in [0.2, 0.25) is 0 Å². The molecule has 29 rings (SSSR count). The maximum Gasteiger partial charge on any atom is 0.0620 e. The zero-order valence-electron chi connectivity index (χ0n) is 94.9. The fraction of sp³-hybridized carbons (Fsp3) is 0.493. The van der Waals surface area contributed by atoms with Gasteiger partial charge in [-0.3, -0.25) is 0 Å². The number of hydrogen-bond acceptors (Lipinski definition) is 2. The van der Waals surface area contributed by atoms with Crippen LogP contribution in [0.1, 0.15) is 387 Å². The maximum absolute atomic E-state index is 3.02. The van der Waals surface area contributed by atoms with E-state index in [1.54, 1.807) is 22.3 Å². The molecule has 0 aliphatic heterocycles. The fourth-order valence-electron chi connectivity index (χ4n) is 34.5. The van der Waals surface area contributed by atoms with E-state index in [-0.39, 0.29) is 65.0 Å². The summed E-state index contributed by atoms with van der Waals surface area (Å²) >= 11 is 0. The van der Waals surface area contributed by atoms with E-state index in [0.29, 0.717) is 0 Å². The number of rotatable bonds is 16. The van der Waals surface area contributed by atoms with E-state index in [1.165, 1.54) is 321 Å². The number of hydrogen-bond donors (Lipinski definition) is 0. The molecule has 16 bridgehead atoms. The van der Waals surface area contributed by atoms with Crippen molar-refractivity contribution in [2.24, 2.45) is 71.0 Å². The van der Waals surface area contributed by atoms with Crippen LogP contribution < -0.4 is 9.80 Å². The Labute approximate surface area is 891 Å². The Bertz CT molecular complexity index is 6390. The van der Waals surface area contributed by atoms with Crippen molar-refractivity contribution in [3.63, 3.8) is 0 Å². The molecular weight excluding hydrogens is 1780 g/mol. The first-order valence-electron chi connectivity index (χ1n) is 58.9. The molecule has 0 N–H and O–H groups in total. The molecule has 16 fully saturated rings. The van der Waals surface area contributed by atoms with E-state index in [0.717, 1.165) is 71.0 Å². The molecule has 0 atom stereocenters. The zero-order valence-corrected chi connectivity index (χ0v) is 94.9. The molecule has 0 amide bonds. The lowest BCUT2D eigenvalue weighted by molar-refractivity contribution is -0.00856. The Balaban J connectivity index is 0.875. The molecule has 0 unspecified atom stereocenters. The molecule has 0 heterocycles. The van der Waals surface area contributed by atoms with Crippen LogP contribution in [-0.2, 0) is 65.0 Å². The van der Waals surface area contributed by atoms with Crippen LogP contribution in [0.15, 0.2) is 243 Å². The first-order valence-corrected chi connectivity index (χ1v) is 58.9. The van der Waals surface area contributed by atoms with E-state index in [1.807, 2.05) is 0 Å². The third kappa shape index (κ3) is 17.9. The van der Waals surface area contributed by atoms with Crippen LogP contribution in [0.3, 0.4) is 0 Å². The Kier molecular flexibility index (Phi) is 23.2. The minimum Gasteiger partial charge on any atom is -0.309 e. The van der Waals surface area contributed by atoms with Crippen molar-refractivity contribution in [1.82, 2.24) is 0 Å². The minimum absolute atomic E-state index is 0.0887. The Morgan fingerprint density at radius 3 is 0.534 bits per heavy atom. The number of nitrogens with zero attached hydrogens (tertiary/aromatic N) is 2. The maximum atomic E-state index is 3.02. The monoisotopic (exact) mass is 1950 g/mol. The standard InChI is InChI=1S/C146H172N2/c1-135(2,3)113-53-109(54-114(67-113)136(4,5)6)105-51-106(110-55-115(137(7,8)9)68-116(56-110)138(10,11)12)62-125(61-105)147(127-73-121(143-77-89-39-90(78-143)41-91(40-89)79-143)71-122(74-127)144-80-92-42-93(81-144)44-94(43-92)82-144)133-129-37-35-104(102-33-29-26-30-34-102)66-132(129)134(130-38-36-103(65-131(130)133)101-31-27-25-28-32-101)148(128-75-123(145-83-95-45-96(84-145)47-97(46-95)85-145)72-124(76-128)146-86-98-48-99(87-146)50-100(49-98)88-146)126-63-107(111-57-117(139(13,14)15)69-118(58-111)140(16,17)18)52-108(64-126)112-59-119(141(19,20)21)70-120(60-112)142(22,23)24/h25-38,51-76,89-100H,39-50,77-88H2,1-24H3. The van der Waals surface area contributed by atoms with Crippen LogP contribution >= 0.6 is 0 Å². The molecule has 16 aliphatic carbocycles. The highest BCUT2D eigenvalue weighted by molar-refractivity contribution is 6.25. The second-order valence-electron chi connectivity index (χ2n) is 60.7. The van der Waals surface area contributed by atoms with Crippen LogP contribution in [0.4, 0.5) is 34.1 Å². The van der Waals surface area contributed by atoms with Gasteiger partial charge in [-0.25, -0.2) is 0 Å². The summed E-state index contributed by atoms with van der Waals surface area (Å²) in [5, 5.41) is 5.08. The highest BCUT2D eigenvalue weighted by Gasteiger charge is 2.58. The van der Waals surface area contributed by atoms with Crippen molar-refractivity contribution in [3.8, 4) is 66.8 Å². The van der Waals surface area contributed by atoms with Crippen LogP contribution in [0.25, 0.3) is 88.3 Å². The van der Waals surface area contributed by atoms with Gasteiger partial charge >= 0.3 is 0 Å². The number of benzene rings is 13. The summed E-state index contributed by atoms with van der Waals surface area (Å²) < 4.78 is 0. The summed E-state index contributed by atoms with van der Waals surface area (Å²) in [6.45, 7) is 58.7. The van der Waals surface area contributed by atoms with Crippen molar-refractivity contribution in [3.05, 3.63) is 309 Å². The molecular formula is C146H172N2.